The summed E-state index contributed by atoms with van der Waals surface area (Å²) in [5.74, 6) is 0.178. The fourth-order valence-electron chi connectivity index (χ4n) is 3.35. The van der Waals surface area contributed by atoms with E-state index in [1.54, 1.807) is 11.0 Å². The van der Waals surface area contributed by atoms with Crippen LogP contribution in [-0.4, -0.2) is 62.7 Å². The molecule has 0 saturated carbocycles. The van der Waals surface area contributed by atoms with Crippen molar-refractivity contribution in [2.24, 2.45) is 0 Å². The average Bonchev–Trinajstić information content (AvgIpc) is 3.20. The van der Waals surface area contributed by atoms with Gasteiger partial charge in [-0.05, 0) is 45.7 Å². The minimum absolute atomic E-state index is 0.178. The minimum Gasteiger partial charge on any atom is -0.337 e. The molecule has 0 aromatic carbocycles. The van der Waals surface area contributed by atoms with Gasteiger partial charge in [0.05, 0.1) is 0 Å². The summed E-state index contributed by atoms with van der Waals surface area (Å²) < 4.78 is 1.65. The molecule has 6 nitrogen and oxygen atoms in total. The average molecular weight is 277 g/mol. The Bertz CT molecular complexity index is 440. The first kappa shape index (κ1) is 13.5. The number of rotatable bonds is 4. The zero-order valence-electron chi connectivity index (χ0n) is 12.1. The third-order valence-electron chi connectivity index (χ3n) is 4.52. The molecule has 3 heterocycles. The molecule has 6 heteroatoms. The van der Waals surface area contributed by atoms with Gasteiger partial charge in [-0.3, -0.25) is 4.79 Å². The summed E-state index contributed by atoms with van der Waals surface area (Å²) >= 11 is 0. The maximum Gasteiger partial charge on any atom is 0.247 e. The van der Waals surface area contributed by atoms with Gasteiger partial charge >= 0.3 is 0 Å². The molecule has 20 heavy (non-hydrogen) atoms. The number of nitrogens with zero attached hydrogens (tertiary/aromatic N) is 5. The van der Waals surface area contributed by atoms with E-state index in [9.17, 15) is 4.79 Å². The van der Waals surface area contributed by atoms with Gasteiger partial charge in [0.25, 0.3) is 0 Å². The van der Waals surface area contributed by atoms with Crippen LogP contribution in [0.2, 0.25) is 0 Å². The molecule has 0 aliphatic carbocycles. The van der Waals surface area contributed by atoms with Crippen molar-refractivity contribution in [2.75, 3.05) is 26.2 Å². The molecular weight excluding hydrogens is 254 g/mol. The van der Waals surface area contributed by atoms with Crippen LogP contribution in [0.4, 0.5) is 0 Å². The van der Waals surface area contributed by atoms with Crippen LogP contribution in [0, 0.1) is 0 Å². The number of carbonyl (C=O) groups excluding carboxylic acids is 1. The van der Waals surface area contributed by atoms with Crippen molar-refractivity contribution in [3.63, 3.8) is 0 Å². The highest BCUT2D eigenvalue weighted by atomic mass is 16.2. The molecule has 2 saturated heterocycles. The lowest BCUT2D eigenvalue weighted by atomic mass is 10.2. The monoisotopic (exact) mass is 277 g/mol. The molecule has 0 radical (unpaired) electrons. The Morgan fingerprint density at radius 1 is 1.30 bits per heavy atom. The van der Waals surface area contributed by atoms with E-state index in [0.29, 0.717) is 6.04 Å². The summed E-state index contributed by atoms with van der Waals surface area (Å²) in [7, 11) is 0. The molecule has 1 aromatic rings. The van der Waals surface area contributed by atoms with Crippen LogP contribution in [0.15, 0.2) is 12.7 Å². The lowest BCUT2D eigenvalue weighted by Crippen LogP contribution is -2.45. The molecular formula is C14H23N5O. The number of aromatic nitrogens is 3. The van der Waals surface area contributed by atoms with Crippen molar-refractivity contribution in [1.82, 2.24) is 24.6 Å². The van der Waals surface area contributed by atoms with Gasteiger partial charge in [-0.15, -0.1) is 0 Å². The molecule has 1 amide bonds. The van der Waals surface area contributed by atoms with E-state index in [-0.39, 0.29) is 11.9 Å². The maximum absolute atomic E-state index is 12.6. The first-order chi connectivity index (χ1) is 9.75. The molecule has 110 valence electrons. The summed E-state index contributed by atoms with van der Waals surface area (Å²) in [6.07, 6.45) is 7.95. The van der Waals surface area contributed by atoms with E-state index in [2.05, 4.69) is 19.9 Å². The van der Waals surface area contributed by atoms with Crippen LogP contribution >= 0.6 is 0 Å². The van der Waals surface area contributed by atoms with Crippen LogP contribution in [0.1, 0.15) is 38.6 Å². The minimum atomic E-state index is -0.253. The zero-order valence-corrected chi connectivity index (χ0v) is 12.1. The Morgan fingerprint density at radius 3 is 2.80 bits per heavy atom. The summed E-state index contributed by atoms with van der Waals surface area (Å²) in [6.45, 7) is 6.21. The molecule has 0 bridgehead atoms. The van der Waals surface area contributed by atoms with E-state index in [0.717, 1.165) is 25.9 Å². The first-order valence-corrected chi connectivity index (χ1v) is 7.62. The fraction of sp³-hybridized carbons (Fsp3) is 0.786. The highest BCUT2D eigenvalue weighted by molar-refractivity contribution is 5.80. The molecule has 2 unspecified atom stereocenters. The SMILES string of the molecule is CC(C(=O)N1CCCC1CN1CCCC1)n1cncn1. The Kier molecular flexibility index (Phi) is 4.00. The molecule has 2 aliphatic heterocycles. The summed E-state index contributed by atoms with van der Waals surface area (Å²) in [4.78, 5) is 21.1. The van der Waals surface area contributed by atoms with Gasteiger partial charge in [0.15, 0.2) is 0 Å². The largest absolute Gasteiger partial charge is 0.337 e. The topological polar surface area (TPSA) is 54.3 Å². The van der Waals surface area contributed by atoms with Crippen molar-refractivity contribution in [3.8, 4) is 0 Å². The molecule has 1 aromatic heterocycles. The second-order valence-electron chi connectivity index (χ2n) is 5.89. The Labute approximate surface area is 119 Å². The van der Waals surface area contributed by atoms with Crippen molar-refractivity contribution in [2.45, 2.75) is 44.7 Å². The summed E-state index contributed by atoms with van der Waals surface area (Å²) in [5, 5.41) is 4.08. The number of likely N-dealkylation sites (tertiary alicyclic amines) is 2. The number of amides is 1. The van der Waals surface area contributed by atoms with Crippen molar-refractivity contribution in [1.29, 1.82) is 0 Å². The predicted octanol–water partition coefficient (Wildman–Crippen LogP) is 0.926. The third-order valence-corrected chi connectivity index (χ3v) is 4.52. The van der Waals surface area contributed by atoms with Gasteiger partial charge in [-0.2, -0.15) is 5.10 Å². The first-order valence-electron chi connectivity index (χ1n) is 7.62. The molecule has 0 N–H and O–H groups in total. The second-order valence-corrected chi connectivity index (χ2v) is 5.89. The van der Waals surface area contributed by atoms with Crippen molar-refractivity contribution in [3.05, 3.63) is 12.7 Å². The van der Waals surface area contributed by atoms with Gasteiger partial charge in [0.1, 0.15) is 18.7 Å². The van der Waals surface area contributed by atoms with E-state index in [1.807, 2.05) is 6.92 Å². The molecule has 2 atom stereocenters. The Balaban J connectivity index is 1.63. The molecule has 3 rings (SSSR count). The smallest absolute Gasteiger partial charge is 0.247 e. The van der Waals surface area contributed by atoms with E-state index < -0.39 is 0 Å². The Hall–Kier alpha value is -1.43. The number of hydrogen-bond acceptors (Lipinski definition) is 4. The van der Waals surface area contributed by atoms with E-state index in [4.69, 9.17) is 0 Å². The van der Waals surface area contributed by atoms with Crippen molar-refractivity contribution >= 4 is 5.91 Å². The van der Waals surface area contributed by atoms with Gasteiger partial charge in [-0.25, -0.2) is 9.67 Å². The van der Waals surface area contributed by atoms with Gasteiger partial charge in [-0.1, -0.05) is 0 Å². The molecule has 0 spiro atoms. The highest BCUT2D eigenvalue weighted by Crippen LogP contribution is 2.23. The summed E-state index contributed by atoms with van der Waals surface area (Å²) in [6, 6.07) is 0.128. The van der Waals surface area contributed by atoms with Crippen LogP contribution in [0.3, 0.4) is 0 Å². The highest BCUT2D eigenvalue weighted by Gasteiger charge is 2.33. The lowest BCUT2D eigenvalue weighted by molar-refractivity contribution is -0.135. The normalized spacial score (nSPS) is 25.2. The summed E-state index contributed by atoms with van der Waals surface area (Å²) in [5.41, 5.74) is 0. The zero-order chi connectivity index (χ0) is 13.9. The van der Waals surface area contributed by atoms with Crippen LogP contribution in [0.25, 0.3) is 0 Å². The quantitative estimate of drug-likeness (QED) is 0.821. The fourth-order valence-corrected chi connectivity index (χ4v) is 3.35. The Morgan fingerprint density at radius 2 is 2.10 bits per heavy atom. The third kappa shape index (κ3) is 2.70. The lowest BCUT2D eigenvalue weighted by Gasteiger charge is -2.30. The molecule has 2 fully saturated rings. The van der Waals surface area contributed by atoms with Crippen molar-refractivity contribution < 1.29 is 4.79 Å². The van der Waals surface area contributed by atoms with Crippen LogP contribution in [0.5, 0.6) is 0 Å². The number of hydrogen-bond donors (Lipinski definition) is 0. The van der Waals surface area contributed by atoms with Crippen LogP contribution in [-0.2, 0) is 4.79 Å². The molecule has 2 aliphatic rings. The van der Waals surface area contributed by atoms with Crippen LogP contribution < -0.4 is 0 Å². The van der Waals surface area contributed by atoms with E-state index >= 15 is 0 Å². The van der Waals surface area contributed by atoms with Gasteiger partial charge in [0, 0.05) is 19.1 Å². The predicted molar refractivity (Wildman–Crippen MR) is 75.1 cm³/mol. The second kappa shape index (κ2) is 5.91. The van der Waals surface area contributed by atoms with Gasteiger partial charge < -0.3 is 9.80 Å². The number of carbonyl (C=O) groups is 1. The standard InChI is InChI=1S/C14H23N5O/c1-12(19-11-15-10-16-19)14(20)18-8-4-5-13(18)9-17-6-2-3-7-17/h10-13H,2-9H2,1H3. The van der Waals surface area contributed by atoms with E-state index in [1.165, 1.54) is 32.3 Å². The maximum atomic E-state index is 12.6. The van der Waals surface area contributed by atoms with Gasteiger partial charge in [0.2, 0.25) is 5.91 Å².